The van der Waals surface area contributed by atoms with Crippen molar-refractivity contribution >= 4 is 33.7 Å². The highest BCUT2D eigenvalue weighted by atomic mass is 19.4. The Morgan fingerprint density at radius 3 is 2.76 bits per heavy atom. The fourth-order valence-corrected chi connectivity index (χ4v) is 4.17. The largest absolute Gasteiger partial charge is 0.462 e. The van der Waals surface area contributed by atoms with Crippen LogP contribution in [0.5, 0.6) is 0 Å². The molecule has 0 spiro atoms. The lowest BCUT2D eigenvalue weighted by Gasteiger charge is -2.31. The first-order valence-electron chi connectivity index (χ1n) is 9.73. The van der Waals surface area contributed by atoms with Gasteiger partial charge in [0.25, 0.3) is 0 Å². The molecular weight excluding hydrogens is 383 g/mol. The zero-order valence-electron chi connectivity index (χ0n) is 16.3. The maximum Gasteiger partial charge on any atom is 0.394 e. The summed E-state index contributed by atoms with van der Waals surface area (Å²) in [6.07, 6.45) is -3.75. The zero-order valence-corrected chi connectivity index (χ0v) is 16.3. The number of hydrogen-bond donors (Lipinski definition) is 0. The molecule has 8 heteroatoms. The van der Waals surface area contributed by atoms with Crippen LogP contribution in [0.15, 0.2) is 30.3 Å². The zero-order chi connectivity index (χ0) is 20.8. The van der Waals surface area contributed by atoms with Gasteiger partial charge in [0, 0.05) is 5.39 Å². The number of pyridine rings is 1. The Balaban J connectivity index is 1.89. The van der Waals surface area contributed by atoms with Gasteiger partial charge in [-0.05, 0) is 31.9 Å². The molecule has 3 aromatic rings. The summed E-state index contributed by atoms with van der Waals surface area (Å²) in [6.45, 7) is 2.17. The highest BCUT2D eigenvalue weighted by molar-refractivity contribution is 6.08. The Morgan fingerprint density at radius 1 is 1.28 bits per heavy atom. The molecule has 0 saturated carbocycles. The summed E-state index contributed by atoms with van der Waals surface area (Å²) in [5, 5.41) is 1.80. The Morgan fingerprint density at radius 2 is 2.03 bits per heavy atom. The van der Waals surface area contributed by atoms with Crippen molar-refractivity contribution < 1.29 is 27.7 Å². The van der Waals surface area contributed by atoms with Crippen molar-refractivity contribution in [2.24, 2.45) is 13.0 Å². The van der Waals surface area contributed by atoms with Crippen molar-refractivity contribution in [2.45, 2.75) is 25.9 Å². The number of carbonyl (C=O) groups excluding carboxylic acids is 1. The molecule has 5 nitrogen and oxygen atoms in total. The number of alkyl halides is 3. The van der Waals surface area contributed by atoms with Gasteiger partial charge in [-0.1, -0.05) is 18.2 Å². The molecule has 1 saturated heterocycles. The fraction of sp³-hybridized carbons (Fsp3) is 0.429. The van der Waals surface area contributed by atoms with Crippen LogP contribution in [0, 0.1) is 5.92 Å². The summed E-state index contributed by atoms with van der Waals surface area (Å²) >= 11 is 0. The van der Waals surface area contributed by atoms with E-state index in [1.54, 1.807) is 17.9 Å². The molecule has 1 atom stereocenters. The molecule has 0 radical (unpaired) electrons. The van der Waals surface area contributed by atoms with Gasteiger partial charge in [0.15, 0.2) is 0 Å². The highest BCUT2D eigenvalue weighted by Gasteiger charge is 2.44. The number of benzene rings is 1. The lowest BCUT2D eigenvalue weighted by atomic mass is 9.97. The van der Waals surface area contributed by atoms with E-state index in [1.807, 2.05) is 35.9 Å². The van der Waals surface area contributed by atoms with Crippen molar-refractivity contribution in [1.82, 2.24) is 4.57 Å². The quantitative estimate of drug-likeness (QED) is 0.616. The van der Waals surface area contributed by atoms with Crippen LogP contribution in [0.3, 0.4) is 0 Å². The number of hydrogen-bond acceptors (Lipinski definition) is 3. The second-order valence-corrected chi connectivity index (χ2v) is 7.42. The van der Waals surface area contributed by atoms with Crippen molar-refractivity contribution in [2.75, 3.05) is 24.6 Å². The second kappa shape index (κ2) is 7.24. The van der Waals surface area contributed by atoms with Gasteiger partial charge in [0.05, 0.1) is 38.0 Å². The van der Waals surface area contributed by atoms with Crippen LogP contribution in [0.2, 0.25) is 0 Å². The van der Waals surface area contributed by atoms with E-state index >= 15 is 0 Å². The number of halogens is 3. The van der Waals surface area contributed by atoms with Crippen LogP contribution < -0.4 is 9.88 Å². The van der Waals surface area contributed by atoms with Crippen molar-refractivity contribution in [1.29, 1.82) is 0 Å². The minimum atomic E-state index is -4.26. The third kappa shape index (κ3) is 3.41. The van der Waals surface area contributed by atoms with Gasteiger partial charge >= 0.3 is 12.1 Å². The lowest BCUT2D eigenvalue weighted by Crippen LogP contribution is -2.44. The van der Waals surface area contributed by atoms with E-state index in [9.17, 15) is 18.0 Å². The minimum Gasteiger partial charge on any atom is -0.462 e. The number of nitrogens with zero attached hydrogens (tertiary/aromatic N) is 2. The number of fused-ring (bicyclic) bond motifs is 3. The van der Waals surface area contributed by atoms with Crippen molar-refractivity contribution in [3.63, 3.8) is 0 Å². The number of aryl methyl sites for hydroxylation is 1. The summed E-state index contributed by atoms with van der Waals surface area (Å²) in [6, 6.07) is 9.50. The molecule has 1 aliphatic rings. The first kappa shape index (κ1) is 19.5. The number of anilines is 1. The normalized spacial score (nSPS) is 17.8. The maximum absolute atomic E-state index is 13.3. The van der Waals surface area contributed by atoms with E-state index in [1.165, 1.54) is 0 Å². The predicted octanol–water partition coefficient (Wildman–Crippen LogP) is 4.10. The number of nitrogens with one attached hydrogen (secondary N) is 1. The molecule has 0 amide bonds. The average Bonchev–Trinajstić information content (AvgIpc) is 2.99. The number of aromatic nitrogens is 2. The summed E-state index contributed by atoms with van der Waals surface area (Å²) < 4.78 is 47.2. The van der Waals surface area contributed by atoms with Gasteiger partial charge in [0.1, 0.15) is 11.1 Å². The molecule has 4 rings (SSSR count). The second-order valence-electron chi connectivity index (χ2n) is 7.42. The number of piperidine rings is 1. The van der Waals surface area contributed by atoms with E-state index in [0.29, 0.717) is 18.8 Å². The van der Waals surface area contributed by atoms with Crippen molar-refractivity contribution in [3.8, 4) is 0 Å². The molecular formula is C21H23F3N3O2+. The third-order valence-corrected chi connectivity index (χ3v) is 5.62. The van der Waals surface area contributed by atoms with Crippen LogP contribution in [-0.2, 0) is 11.8 Å². The molecule has 1 fully saturated rings. The maximum atomic E-state index is 13.3. The van der Waals surface area contributed by atoms with E-state index < -0.39 is 18.1 Å². The molecule has 2 aromatic heterocycles. The van der Waals surface area contributed by atoms with Crippen molar-refractivity contribution in [3.05, 3.63) is 35.9 Å². The van der Waals surface area contributed by atoms with Gasteiger partial charge < -0.3 is 4.74 Å². The van der Waals surface area contributed by atoms with E-state index in [4.69, 9.17) is 4.74 Å². The summed E-state index contributed by atoms with van der Waals surface area (Å²) in [5.74, 6) is -1.57. The van der Waals surface area contributed by atoms with Crippen LogP contribution in [0.25, 0.3) is 21.9 Å². The number of esters is 1. The Labute approximate surface area is 166 Å². The summed E-state index contributed by atoms with van der Waals surface area (Å²) in [7, 11) is 1.89. The molecule has 1 aliphatic heterocycles. The number of para-hydroxylation sites is 1. The predicted molar refractivity (Wildman–Crippen MR) is 104 cm³/mol. The molecule has 0 bridgehead atoms. The standard InChI is InChI=1S/C21H22F3N3O2/c1-3-29-20(28)16-11-15-14-8-4-5-9-17(14)26(2)18(15)25-19(16)27-10-6-7-13(12-27)21(22,23)24/h4-5,8-9,11,13H,3,6-7,10,12H2,1-2H3/p+1/t13-/m0/s1. The third-order valence-electron chi connectivity index (χ3n) is 5.62. The van der Waals surface area contributed by atoms with Gasteiger partial charge in [-0.15, -0.1) is 0 Å². The highest BCUT2D eigenvalue weighted by Crippen LogP contribution is 2.36. The molecule has 154 valence electrons. The molecule has 1 N–H and O–H groups in total. The SMILES string of the molecule is CCOC(=O)c1cc2c3ccccc3n(C)c2[nH+]c1N1CCC[C@H](C(F)(F)F)C1. The molecule has 29 heavy (non-hydrogen) atoms. The van der Waals surface area contributed by atoms with Gasteiger partial charge in [-0.2, -0.15) is 13.2 Å². The van der Waals surface area contributed by atoms with E-state index in [2.05, 4.69) is 4.98 Å². The first-order valence-corrected chi connectivity index (χ1v) is 9.73. The number of ether oxygens (including phenoxy) is 1. The van der Waals surface area contributed by atoms with Crippen LogP contribution in [0.1, 0.15) is 30.1 Å². The summed E-state index contributed by atoms with van der Waals surface area (Å²) in [5.41, 5.74) is 1.99. The van der Waals surface area contributed by atoms with Gasteiger partial charge in [-0.25, -0.2) is 9.78 Å². The summed E-state index contributed by atoms with van der Waals surface area (Å²) in [4.78, 5) is 17.6. The molecule has 1 aromatic carbocycles. The number of rotatable bonds is 3. The number of H-pyrrole nitrogens is 1. The molecule has 0 aliphatic carbocycles. The fourth-order valence-electron chi connectivity index (χ4n) is 4.17. The van der Waals surface area contributed by atoms with Crippen LogP contribution in [0.4, 0.5) is 19.0 Å². The van der Waals surface area contributed by atoms with Crippen LogP contribution >= 0.6 is 0 Å². The lowest BCUT2D eigenvalue weighted by molar-refractivity contribution is -0.336. The number of carbonyl (C=O) groups is 1. The molecule has 3 heterocycles. The monoisotopic (exact) mass is 406 g/mol. The average molecular weight is 406 g/mol. The first-order chi connectivity index (χ1) is 13.8. The Hall–Kier alpha value is -2.77. The number of aromatic amines is 1. The van der Waals surface area contributed by atoms with Crippen LogP contribution in [-0.4, -0.2) is 36.4 Å². The topological polar surface area (TPSA) is 48.6 Å². The molecule has 0 unspecified atom stereocenters. The van der Waals surface area contributed by atoms with E-state index in [-0.39, 0.29) is 25.1 Å². The van der Waals surface area contributed by atoms with E-state index in [0.717, 1.165) is 21.9 Å². The smallest absolute Gasteiger partial charge is 0.394 e. The Bertz CT molecular complexity index is 1070. The Kier molecular flexibility index (Phi) is 4.88. The minimum absolute atomic E-state index is 0.102. The van der Waals surface area contributed by atoms with Gasteiger partial charge in [-0.3, -0.25) is 9.47 Å². The van der Waals surface area contributed by atoms with Gasteiger partial charge in [0.2, 0.25) is 11.5 Å².